The maximum Gasteiger partial charge on any atom is 0.338 e. The van der Waals surface area contributed by atoms with Gasteiger partial charge in [0.05, 0.1) is 23.3 Å². The van der Waals surface area contributed by atoms with E-state index in [-0.39, 0.29) is 23.3 Å². The van der Waals surface area contributed by atoms with Crippen LogP contribution in [0.5, 0.6) is 0 Å². The lowest BCUT2D eigenvalue weighted by Crippen LogP contribution is -2.61. The van der Waals surface area contributed by atoms with E-state index in [1.54, 1.807) is 94.4 Å². The molecule has 4 saturated heterocycles. The van der Waals surface area contributed by atoms with Crippen molar-refractivity contribution in [2.24, 2.45) is 0 Å². The third kappa shape index (κ3) is 8.29. The molecule has 0 amide bonds. The normalized spacial score (nSPS) is 32.5. The third-order valence-electron chi connectivity index (χ3n) is 9.14. The van der Waals surface area contributed by atoms with Gasteiger partial charge in [-0.05, 0) is 64.1 Å². The Hall–Kier alpha value is -4.28. The number of halogens is 1. The molecule has 0 saturated carbocycles. The maximum absolute atomic E-state index is 16.8. The summed E-state index contributed by atoms with van der Waals surface area (Å²) in [6, 6.07) is 24.1. The van der Waals surface area contributed by atoms with Crippen molar-refractivity contribution in [3.8, 4) is 0 Å². The number of rotatable bonds is 10. The van der Waals surface area contributed by atoms with Gasteiger partial charge >= 0.3 is 17.9 Å². The molecule has 4 heterocycles. The fraction of sp³-hybridized carbons (Fsp3) is 0.462. The summed E-state index contributed by atoms with van der Waals surface area (Å²) in [5, 5.41) is 0. The minimum Gasteiger partial charge on any atom is -0.459 e. The summed E-state index contributed by atoms with van der Waals surface area (Å²) in [6.45, 7) is 6.20. The molecule has 0 bridgehead atoms. The van der Waals surface area contributed by atoms with Gasteiger partial charge in [-0.25, -0.2) is 18.8 Å². The molecular weight excluding hydrogens is 695 g/mol. The van der Waals surface area contributed by atoms with Crippen molar-refractivity contribution in [1.29, 1.82) is 0 Å². The monoisotopic (exact) mass is 736 g/mol. The smallest absolute Gasteiger partial charge is 0.338 e. The summed E-state index contributed by atoms with van der Waals surface area (Å²) < 4.78 is 76.8. The zero-order valence-electron chi connectivity index (χ0n) is 29.5. The van der Waals surface area contributed by atoms with Crippen LogP contribution in [0.3, 0.4) is 0 Å². The Morgan fingerprint density at radius 1 is 0.585 bits per heavy atom. The minimum absolute atomic E-state index is 0.128. The lowest BCUT2D eigenvalue weighted by Gasteiger charge is -2.43. The Morgan fingerprint density at radius 3 is 1.66 bits per heavy atom. The van der Waals surface area contributed by atoms with Gasteiger partial charge < -0.3 is 47.4 Å². The fourth-order valence-electron chi connectivity index (χ4n) is 6.78. The first-order chi connectivity index (χ1) is 25.4. The number of benzene rings is 3. The Balaban J connectivity index is 1.16. The number of alkyl halides is 1. The highest BCUT2D eigenvalue weighted by atomic mass is 19.1. The van der Waals surface area contributed by atoms with E-state index in [2.05, 4.69) is 0 Å². The summed E-state index contributed by atoms with van der Waals surface area (Å²) >= 11 is 0. The van der Waals surface area contributed by atoms with Crippen molar-refractivity contribution < 1.29 is 66.1 Å². The van der Waals surface area contributed by atoms with E-state index < -0.39 is 97.6 Å². The molecule has 4 aliphatic heterocycles. The molecule has 0 unspecified atom stereocenters. The summed E-state index contributed by atoms with van der Waals surface area (Å²) in [5.74, 6) is -4.39. The number of carbonyl (C=O) groups excluding carboxylic acids is 3. The molecular formula is C39H41FO13. The third-order valence-corrected chi connectivity index (χ3v) is 9.14. The predicted octanol–water partition coefficient (Wildman–Crippen LogP) is 4.77. The number of fused-ring (bicyclic) bond motifs is 3. The lowest BCUT2D eigenvalue weighted by molar-refractivity contribution is -0.303. The first-order valence-electron chi connectivity index (χ1n) is 17.4. The molecule has 0 aromatic heterocycles. The Kier molecular flexibility index (Phi) is 10.6. The maximum atomic E-state index is 16.8. The van der Waals surface area contributed by atoms with Crippen LogP contribution in [0.1, 0.15) is 58.8 Å². The second-order valence-electron chi connectivity index (χ2n) is 14.0. The van der Waals surface area contributed by atoms with Crippen molar-refractivity contribution in [1.82, 2.24) is 0 Å². The number of hydrogen-bond acceptors (Lipinski definition) is 13. The number of ether oxygens (including phenoxy) is 10. The van der Waals surface area contributed by atoms with Gasteiger partial charge in [0.1, 0.15) is 37.1 Å². The number of esters is 3. The van der Waals surface area contributed by atoms with E-state index in [1.165, 1.54) is 24.3 Å². The van der Waals surface area contributed by atoms with Crippen LogP contribution < -0.4 is 0 Å². The first-order valence-corrected chi connectivity index (χ1v) is 17.4. The van der Waals surface area contributed by atoms with Crippen LogP contribution in [0.4, 0.5) is 4.39 Å². The van der Waals surface area contributed by atoms with Crippen molar-refractivity contribution >= 4 is 17.9 Å². The van der Waals surface area contributed by atoms with Crippen molar-refractivity contribution in [3.63, 3.8) is 0 Å². The van der Waals surface area contributed by atoms with Crippen molar-refractivity contribution in [3.05, 3.63) is 108 Å². The molecule has 53 heavy (non-hydrogen) atoms. The van der Waals surface area contributed by atoms with Crippen LogP contribution in [-0.4, -0.2) is 104 Å². The second kappa shape index (κ2) is 15.2. The summed E-state index contributed by atoms with van der Waals surface area (Å²) in [5.41, 5.74) is 0.525. The SMILES string of the molecule is CC1(C)O[C@H]2[C@@H](O1)[C@@H](CO[C@H]1O[C@H](COC(=O)c3ccccc3)[C@@H](OC(=O)c3ccccc3)[C@H](OC(=O)c3ccccc3)[C@H]1F)O[C@@H]1OC(C)(C)O[C@@H]12. The van der Waals surface area contributed by atoms with Gasteiger partial charge in [0.2, 0.25) is 0 Å². The van der Waals surface area contributed by atoms with Gasteiger partial charge in [0.15, 0.2) is 42.5 Å². The van der Waals surface area contributed by atoms with Gasteiger partial charge in [0.25, 0.3) is 0 Å². The van der Waals surface area contributed by atoms with E-state index in [1.807, 2.05) is 0 Å². The van der Waals surface area contributed by atoms with Gasteiger partial charge in [-0.15, -0.1) is 0 Å². The topological polar surface area (TPSA) is 144 Å². The molecule has 3 aromatic rings. The molecule has 4 fully saturated rings. The summed E-state index contributed by atoms with van der Waals surface area (Å²) in [7, 11) is 0. The largest absolute Gasteiger partial charge is 0.459 e. The van der Waals surface area contributed by atoms with E-state index in [0.29, 0.717) is 0 Å². The average molecular weight is 737 g/mol. The fourth-order valence-corrected chi connectivity index (χ4v) is 6.78. The molecule has 14 heteroatoms. The molecule has 0 spiro atoms. The van der Waals surface area contributed by atoms with Crippen LogP contribution >= 0.6 is 0 Å². The molecule has 3 aromatic carbocycles. The van der Waals surface area contributed by atoms with Crippen LogP contribution in [0.2, 0.25) is 0 Å². The molecule has 0 radical (unpaired) electrons. The van der Waals surface area contributed by atoms with Gasteiger partial charge in [-0.2, -0.15) is 0 Å². The highest BCUT2D eigenvalue weighted by Crippen LogP contribution is 2.44. The number of carbonyl (C=O) groups is 3. The number of hydrogen-bond donors (Lipinski definition) is 0. The van der Waals surface area contributed by atoms with E-state index in [0.717, 1.165) is 0 Å². The van der Waals surface area contributed by atoms with Crippen LogP contribution in [0, 0.1) is 0 Å². The van der Waals surface area contributed by atoms with Crippen molar-refractivity contribution in [2.45, 2.75) is 101 Å². The second-order valence-corrected chi connectivity index (χ2v) is 14.0. The minimum atomic E-state index is -2.20. The Bertz CT molecular complexity index is 1740. The zero-order chi connectivity index (χ0) is 37.3. The van der Waals surface area contributed by atoms with E-state index >= 15 is 4.39 Å². The lowest BCUT2D eigenvalue weighted by atomic mass is 9.98. The molecule has 282 valence electrons. The molecule has 0 aliphatic carbocycles. The Morgan fingerprint density at radius 2 is 1.08 bits per heavy atom. The zero-order valence-corrected chi connectivity index (χ0v) is 29.5. The molecule has 0 N–H and O–H groups in total. The van der Waals surface area contributed by atoms with Gasteiger partial charge in [-0.1, -0.05) is 54.6 Å². The summed E-state index contributed by atoms with van der Waals surface area (Å²) in [6.07, 6.45) is -12.2. The van der Waals surface area contributed by atoms with Crippen LogP contribution in [-0.2, 0) is 47.4 Å². The standard InChI is InChI=1S/C39H41FO13/c1-38(2)50-29-26(47-37-32(31(29)51-38)52-39(3,4)53-37)21-45-36-27(40)30(49-35(43)24-18-12-7-13-19-24)28(48-34(42)23-16-10-6-11-17-23)25(46-36)20-44-33(41)22-14-8-5-9-15-22/h5-19,25-32,36-37H,20-21H2,1-4H3/t25-,26-,27-,28-,29+,30-,31+,32-,36+,37-/m1/s1. The van der Waals surface area contributed by atoms with E-state index in [9.17, 15) is 14.4 Å². The molecule has 4 aliphatic rings. The van der Waals surface area contributed by atoms with Crippen molar-refractivity contribution in [2.75, 3.05) is 13.2 Å². The molecule has 13 nitrogen and oxygen atoms in total. The summed E-state index contributed by atoms with van der Waals surface area (Å²) in [4.78, 5) is 39.8. The van der Waals surface area contributed by atoms with E-state index in [4.69, 9.17) is 47.4 Å². The van der Waals surface area contributed by atoms with Crippen LogP contribution in [0.15, 0.2) is 91.0 Å². The van der Waals surface area contributed by atoms with Crippen LogP contribution in [0.25, 0.3) is 0 Å². The highest BCUT2D eigenvalue weighted by Gasteiger charge is 2.61. The average Bonchev–Trinajstić information content (AvgIpc) is 3.66. The molecule has 7 rings (SSSR count). The first kappa shape index (κ1) is 37.1. The van der Waals surface area contributed by atoms with Gasteiger partial charge in [0, 0.05) is 0 Å². The quantitative estimate of drug-likeness (QED) is 0.209. The Labute approximate surface area is 305 Å². The highest BCUT2D eigenvalue weighted by molar-refractivity contribution is 5.91. The predicted molar refractivity (Wildman–Crippen MR) is 180 cm³/mol. The molecule has 10 atom stereocenters. The van der Waals surface area contributed by atoms with Gasteiger partial charge in [-0.3, -0.25) is 0 Å².